The van der Waals surface area contributed by atoms with Crippen LogP contribution >= 0.6 is 0 Å². The summed E-state index contributed by atoms with van der Waals surface area (Å²) in [6.45, 7) is 7.17. The van der Waals surface area contributed by atoms with Gasteiger partial charge < -0.3 is 0 Å². The van der Waals surface area contributed by atoms with Gasteiger partial charge in [-0.05, 0) is 38.0 Å². The first-order valence-corrected chi connectivity index (χ1v) is 12.2. The first-order chi connectivity index (χ1) is 16.0. The van der Waals surface area contributed by atoms with Crippen molar-refractivity contribution in [1.82, 2.24) is 25.4 Å². The normalized spacial score (nSPS) is 12.5. The average molecular weight is 486 g/mol. The van der Waals surface area contributed by atoms with E-state index in [1.807, 2.05) is 6.92 Å². The lowest BCUT2D eigenvalue weighted by molar-refractivity contribution is -0.124. The van der Waals surface area contributed by atoms with Crippen LogP contribution in [0.2, 0.25) is 0 Å². The molecule has 34 heavy (non-hydrogen) atoms. The van der Waals surface area contributed by atoms with Crippen LogP contribution in [0.4, 0.5) is 0 Å². The number of carbonyl (C=O) groups is 2. The van der Waals surface area contributed by atoms with E-state index in [1.165, 1.54) is 12.1 Å². The van der Waals surface area contributed by atoms with Gasteiger partial charge in [0.1, 0.15) is 6.04 Å². The van der Waals surface area contributed by atoms with Crippen molar-refractivity contribution in [2.75, 3.05) is 0 Å². The van der Waals surface area contributed by atoms with Crippen molar-refractivity contribution in [1.29, 1.82) is 0 Å². The van der Waals surface area contributed by atoms with Gasteiger partial charge in [0.05, 0.1) is 10.3 Å². The summed E-state index contributed by atoms with van der Waals surface area (Å²) < 4.78 is 29.1. The predicted octanol–water partition coefficient (Wildman–Crippen LogP) is 1.49. The van der Waals surface area contributed by atoms with E-state index in [9.17, 15) is 22.8 Å². The minimum atomic E-state index is -3.97. The third-order valence-electron chi connectivity index (χ3n) is 5.24. The van der Waals surface area contributed by atoms with E-state index in [0.717, 1.165) is 10.2 Å². The summed E-state index contributed by atoms with van der Waals surface area (Å²) in [7, 11) is -3.97. The fourth-order valence-corrected chi connectivity index (χ4v) is 4.66. The number of nitrogens with one attached hydrogen (secondary N) is 3. The first kappa shape index (κ1) is 25.1. The summed E-state index contributed by atoms with van der Waals surface area (Å²) in [5.41, 5.74) is 5.07. The Kier molecular flexibility index (Phi) is 7.48. The molecule has 1 atom stereocenters. The molecule has 1 heterocycles. The molecule has 2 aromatic carbocycles. The number of nitrogens with zero attached hydrogens (tertiary/aromatic N) is 2. The summed E-state index contributed by atoms with van der Waals surface area (Å²) in [6.07, 6.45) is 0. The summed E-state index contributed by atoms with van der Waals surface area (Å²) in [4.78, 5) is 38.1. The molecule has 0 radical (unpaired) electrons. The highest BCUT2D eigenvalue weighted by atomic mass is 32.2. The molecular formula is C23H27N5O5S. The van der Waals surface area contributed by atoms with Crippen LogP contribution in [-0.4, -0.2) is 36.1 Å². The van der Waals surface area contributed by atoms with Gasteiger partial charge in [-0.3, -0.25) is 25.2 Å². The Labute approximate surface area is 197 Å². The highest BCUT2D eigenvalue weighted by Crippen LogP contribution is 2.14. The van der Waals surface area contributed by atoms with Gasteiger partial charge in [0.25, 0.3) is 17.4 Å². The molecule has 2 amide bonds. The molecule has 1 unspecified atom stereocenters. The summed E-state index contributed by atoms with van der Waals surface area (Å²) in [5, 5.41) is 4.77. The van der Waals surface area contributed by atoms with E-state index in [1.54, 1.807) is 57.2 Å². The number of aryl methyl sites for hydroxylation is 2. The van der Waals surface area contributed by atoms with Gasteiger partial charge in [0.15, 0.2) is 5.69 Å². The zero-order valence-electron chi connectivity index (χ0n) is 19.3. The third kappa shape index (κ3) is 5.32. The highest BCUT2D eigenvalue weighted by molar-refractivity contribution is 7.89. The van der Waals surface area contributed by atoms with Gasteiger partial charge >= 0.3 is 0 Å². The van der Waals surface area contributed by atoms with Gasteiger partial charge in [-0.25, -0.2) is 13.1 Å². The fraction of sp³-hybridized carbons (Fsp3) is 0.304. The molecule has 0 saturated heterocycles. The molecule has 0 bridgehead atoms. The zero-order valence-corrected chi connectivity index (χ0v) is 20.1. The monoisotopic (exact) mass is 485 g/mol. The van der Waals surface area contributed by atoms with Crippen LogP contribution in [0.25, 0.3) is 10.8 Å². The summed E-state index contributed by atoms with van der Waals surface area (Å²) in [5.74, 6) is -1.90. The number of rotatable bonds is 7. The molecule has 0 aliphatic heterocycles. The number of hydrogen-bond donors (Lipinski definition) is 3. The van der Waals surface area contributed by atoms with Crippen LogP contribution < -0.4 is 21.1 Å². The Bertz CT molecular complexity index is 1380. The largest absolute Gasteiger partial charge is 0.290 e. The SMILES string of the molecule is CCn1nc(C(=O)NNC(=O)C(NS(=O)(=O)c2ccc(C)cc2)C(C)C)c2ccccc2c1=O. The van der Waals surface area contributed by atoms with E-state index < -0.39 is 33.8 Å². The number of sulfonamides is 1. The number of hydrogen-bond acceptors (Lipinski definition) is 6. The van der Waals surface area contributed by atoms with Crippen molar-refractivity contribution < 1.29 is 18.0 Å². The van der Waals surface area contributed by atoms with Crippen LogP contribution in [0.1, 0.15) is 36.8 Å². The van der Waals surface area contributed by atoms with Crippen molar-refractivity contribution in [3.63, 3.8) is 0 Å². The van der Waals surface area contributed by atoms with E-state index in [4.69, 9.17) is 0 Å². The fourth-order valence-electron chi connectivity index (χ4n) is 3.32. The van der Waals surface area contributed by atoms with Crippen molar-refractivity contribution in [2.45, 2.75) is 45.2 Å². The molecule has 3 rings (SSSR count). The van der Waals surface area contributed by atoms with Crippen molar-refractivity contribution in [3.05, 3.63) is 70.1 Å². The van der Waals surface area contributed by atoms with E-state index in [-0.39, 0.29) is 22.7 Å². The Hall–Kier alpha value is -3.57. The van der Waals surface area contributed by atoms with E-state index in [2.05, 4.69) is 20.7 Å². The minimum absolute atomic E-state index is 0.0260. The molecule has 0 spiro atoms. The Morgan fingerprint density at radius 1 is 1.00 bits per heavy atom. The van der Waals surface area contributed by atoms with Crippen molar-refractivity contribution >= 4 is 32.6 Å². The second kappa shape index (κ2) is 10.1. The lowest BCUT2D eigenvalue weighted by Crippen LogP contribution is -2.54. The maximum absolute atomic E-state index is 12.8. The highest BCUT2D eigenvalue weighted by Gasteiger charge is 2.29. The molecule has 3 aromatic rings. The number of hydrazine groups is 1. The third-order valence-corrected chi connectivity index (χ3v) is 6.70. The lowest BCUT2D eigenvalue weighted by atomic mass is 10.1. The minimum Gasteiger partial charge on any atom is -0.271 e. The lowest BCUT2D eigenvalue weighted by Gasteiger charge is -2.22. The standard InChI is InChI=1S/C23H27N5O5S/c1-5-28-23(31)18-9-7-6-8-17(18)20(26-28)22(30)25-24-21(29)19(14(2)3)27-34(32,33)16-12-10-15(4)11-13-16/h6-14,19,27H,5H2,1-4H3,(H,24,29)(H,25,30). The second-order valence-electron chi connectivity index (χ2n) is 8.11. The van der Waals surface area contributed by atoms with E-state index >= 15 is 0 Å². The Morgan fingerprint density at radius 3 is 2.21 bits per heavy atom. The molecule has 0 saturated carbocycles. The molecule has 0 fully saturated rings. The van der Waals surface area contributed by atoms with Gasteiger partial charge in [-0.2, -0.15) is 9.82 Å². The van der Waals surface area contributed by atoms with Crippen molar-refractivity contribution in [2.24, 2.45) is 5.92 Å². The summed E-state index contributed by atoms with van der Waals surface area (Å²) >= 11 is 0. The van der Waals surface area contributed by atoms with Crippen LogP contribution in [0.3, 0.4) is 0 Å². The Balaban J connectivity index is 1.79. The number of carbonyl (C=O) groups excluding carboxylic acids is 2. The van der Waals surface area contributed by atoms with Crippen LogP contribution in [0, 0.1) is 12.8 Å². The molecule has 3 N–H and O–H groups in total. The van der Waals surface area contributed by atoms with Crippen LogP contribution in [0.15, 0.2) is 58.2 Å². The van der Waals surface area contributed by atoms with Crippen LogP contribution in [-0.2, 0) is 21.4 Å². The second-order valence-corrected chi connectivity index (χ2v) is 9.83. The van der Waals surface area contributed by atoms with Gasteiger partial charge in [0, 0.05) is 11.9 Å². The van der Waals surface area contributed by atoms with E-state index in [0.29, 0.717) is 10.8 Å². The molecule has 1 aromatic heterocycles. The number of benzene rings is 2. The number of amides is 2. The predicted molar refractivity (Wildman–Crippen MR) is 127 cm³/mol. The van der Waals surface area contributed by atoms with Gasteiger partial charge in [-0.15, -0.1) is 0 Å². The Morgan fingerprint density at radius 2 is 1.62 bits per heavy atom. The summed E-state index contributed by atoms with van der Waals surface area (Å²) in [6, 6.07) is 11.6. The maximum Gasteiger partial charge on any atom is 0.290 e. The smallest absolute Gasteiger partial charge is 0.271 e. The van der Waals surface area contributed by atoms with Crippen LogP contribution in [0.5, 0.6) is 0 Å². The molecule has 0 aliphatic rings. The number of aromatic nitrogens is 2. The average Bonchev–Trinajstić information content (AvgIpc) is 2.81. The van der Waals surface area contributed by atoms with Gasteiger partial charge in [0.2, 0.25) is 10.0 Å². The topological polar surface area (TPSA) is 139 Å². The maximum atomic E-state index is 12.8. The molecular weight excluding hydrogens is 458 g/mol. The van der Waals surface area contributed by atoms with Crippen molar-refractivity contribution in [3.8, 4) is 0 Å². The first-order valence-electron chi connectivity index (χ1n) is 10.7. The quantitative estimate of drug-likeness (QED) is 0.433. The number of fused-ring (bicyclic) bond motifs is 1. The zero-order chi connectivity index (χ0) is 25.0. The molecule has 0 aliphatic carbocycles. The molecule has 11 heteroatoms. The van der Waals surface area contributed by atoms with Gasteiger partial charge in [-0.1, -0.05) is 49.7 Å². The molecule has 10 nitrogen and oxygen atoms in total. The molecule has 180 valence electrons.